The standard InChI is InChI=1S/C49H43N5/c1-5-16-39-30-40-23-14-24-42(44-31-51-48(36-18-8-6-9-19-36)53-49(52-44)37-20-10-7-11-21-37)46(40)43(39)32-54-35(4)41(47-45(54)25-15-28-50-47)27-26-33(2)29-38-22-13-12-17-34(38)3/h5-28,31-32,35H,1,29-30H2,2-4H3,(H,51,52,53)/b33-26-,39-16-,41-27+,43-32+. The highest BCUT2D eigenvalue weighted by atomic mass is 15.2. The lowest BCUT2D eigenvalue weighted by molar-refractivity contribution is 0.910. The van der Waals surface area contributed by atoms with Crippen LogP contribution in [0.2, 0.25) is 0 Å². The fourth-order valence-electron chi connectivity index (χ4n) is 7.55. The van der Waals surface area contributed by atoms with Crippen LogP contribution in [0.3, 0.4) is 0 Å². The number of pyridine rings is 1. The van der Waals surface area contributed by atoms with Gasteiger partial charge in [0.05, 0.1) is 23.1 Å². The topological polar surface area (TPSA) is 52.9 Å². The van der Waals surface area contributed by atoms with Gasteiger partial charge in [-0.2, -0.15) is 0 Å². The summed E-state index contributed by atoms with van der Waals surface area (Å²) in [5.41, 5.74) is 15.9. The summed E-state index contributed by atoms with van der Waals surface area (Å²) in [5.74, 6) is 1.41. The van der Waals surface area contributed by atoms with Crippen molar-refractivity contribution >= 4 is 34.2 Å². The predicted octanol–water partition coefficient (Wildman–Crippen LogP) is 10.7. The highest BCUT2D eigenvalue weighted by Gasteiger charge is 2.33. The van der Waals surface area contributed by atoms with Crippen molar-refractivity contribution in [1.29, 1.82) is 0 Å². The van der Waals surface area contributed by atoms with Gasteiger partial charge in [0.15, 0.2) is 5.84 Å². The molecule has 4 aromatic carbocycles. The SMILES string of the molecule is C=C/C=C1/Cc2cccc(C3=CNC(c4ccccc4)=NC(c4ccccc4)=N3)c2/C1=C/N1c2cccnc2/C(=C/C=C(/C)Cc2ccccc2C)C1C. The Labute approximate surface area is 318 Å². The first-order valence-corrected chi connectivity index (χ1v) is 18.6. The zero-order valence-electron chi connectivity index (χ0n) is 31.0. The third-order valence-electron chi connectivity index (χ3n) is 10.4. The normalized spacial score (nSPS) is 18.8. The third kappa shape index (κ3) is 6.84. The Morgan fingerprint density at radius 3 is 2.39 bits per heavy atom. The molecular formula is C49H43N5. The number of anilines is 1. The number of hydrogen-bond acceptors (Lipinski definition) is 5. The van der Waals surface area contributed by atoms with Crippen molar-refractivity contribution in [2.75, 3.05) is 4.90 Å². The van der Waals surface area contributed by atoms with Crippen LogP contribution in [0.15, 0.2) is 186 Å². The molecule has 264 valence electrons. The lowest BCUT2D eigenvalue weighted by atomic mass is 9.97. The van der Waals surface area contributed by atoms with Crippen molar-refractivity contribution in [3.05, 3.63) is 221 Å². The van der Waals surface area contributed by atoms with E-state index in [1.807, 2.05) is 60.9 Å². The van der Waals surface area contributed by atoms with Crippen LogP contribution in [-0.2, 0) is 12.8 Å². The third-order valence-corrected chi connectivity index (χ3v) is 10.4. The molecule has 5 nitrogen and oxygen atoms in total. The van der Waals surface area contributed by atoms with E-state index in [9.17, 15) is 0 Å². The summed E-state index contributed by atoms with van der Waals surface area (Å²) in [6, 6.07) is 39.8. The molecule has 1 aromatic heterocycles. The zero-order chi connectivity index (χ0) is 37.0. The molecule has 54 heavy (non-hydrogen) atoms. The second kappa shape index (κ2) is 15.2. The molecule has 5 heteroatoms. The monoisotopic (exact) mass is 701 g/mol. The highest BCUT2D eigenvalue weighted by Crippen LogP contribution is 2.45. The van der Waals surface area contributed by atoms with Gasteiger partial charge in [-0.1, -0.05) is 140 Å². The minimum Gasteiger partial charge on any atom is -0.344 e. The van der Waals surface area contributed by atoms with Gasteiger partial charge < -0.3 is 10.2 Å². The molecule has 1 atom stereocenters. The molecule has 1 unspecified atom stereocenters. The van der Waals surface area contributed by atoms with Gasteiger partial charge in [-0.15, -0.1) is 0 Å². The molecule has 0 saturated carbocycles. The molecule has 1 aliphatic carbocycles. The Morgan fingerprint density at radius 1 is 0.852 bits per heavy atom. The highest BCUT2D eigenvalue weighted by molar-refractivity contribution is 6.14. The van der Waals surface area contributed by atoms with E-state index in [4.69, 9.17) is 15.0 Å². The molecule has 3 heterocycles. The van der Waals surface area contributed by atoms with Gasteiger partial charge in [0.25, 0.3) is 0 Å². The first-order chi connectivity index (χ1) is 26.5. The molecule has 1 N–H and O–H groups in total. The lowest BCUT2D eigenvalue weighted by Gasteiger charge is -2.23. The molecule has 2 aliphatic heterocycles. The van der Waals surface area contributed by atoms with E-state index >= 15 is 0 Å². The van der Waals surface area contributed by atoms with Gasteiger partial charge in [0, 0.05) is 46.4 Å². The van der Waals surface area contributed by atoms with Gasteiger partial charge in [0.1, 0.15) is 5.84 Å². The van der Waals surface area contributed by atoms with Crippen molar-refractivity contribution in [2.45, 2.75) is 39.7 Å². The number of aromatic nitrogens is 1. The fourth-order valence-corrected chi connectivity index (χ4v) is 7.55. The number of allylic oxidation sites excluding steroid dienone is 7. The fraction of sp³-hybridized carbons (Fsp3) is 0.122. The Balaban J connectivity index is 1.21. The van der Waals surface area contributed by atoms with E-state index in [0.717, 1.165) is 58.0 Å². The quantitative estimate of drug-likeness (QED) is 0.175. The van der Waals surface area contributed by atoms with Crippen molar-refractivity contribution in [3.63, 3.8) is 0 Å². The zero-order valence-corrected chi connectivity index (χ0v) is 31.0. The first kappa shape index (κ1) is 34.5. The number of aryl methyl sites for hydroxylation is 1. The summed E-state index contributed by atoms with van der Waals surface area (Å²) < 4.78 is 0. The van der Waals surface area contributed by atoms with Crippen LogP contribution in [0.4, 0.5) is 5.69 Å². The summed E-state index contributed by atoms with van der Waals surface area (Å²) >= 11 is 0. The number of rotatable bonds is 8. The second-order valence-electron chi connectivity index (χ2n) is 14.0. The predicted molar refractivity (Wildman–Crippen MR) is 226 cm³/mol. The molecule has 0 spiro atoms. The van der Waals surface area contributed by atoms with Gasteiger partial charge in [-0.25, -0.2) is 9.98 Å². The van der Waals surface area contributed by atoms with Gasteiger partial charge >= 0.3 is 0 Å². The molecule has 0 saturated heterocycles. The molecule has 0 radical (unpaired) electrons. The number of nitrogens with zero attached hydrogens (tertiary/aromatic N) is 4. The van der Waals surface area contributed by atoms with Crippen LogP contribution in [0.5, 0.6) is 0 Å². The number of nitrogens with one attached hydrogen (secondary N) is 1. The number of hydrogen-bond donors (Lipinski definition) is 1. The molecule has 0 fully saturated rings. The van der Waals surface area contributed by atoms with Crippen LogP contribution in [0.1, 0.15) is 58.5 Å². The maximum Gasteiger partial charge on any atom is 0.162 e. The first-order valence-electron chi connectivity index (χ1n) is 18.6. The molecular weight excluding hydrogens is 659 g/mol. The van der Waals surface area contributed by atoms with Crippen LogP contribution in [0.25, 0.3) is 16.8 Å². The van der Waals surface area contributed by atoms with Crippen molar-refractivity contribution in [1.82, 2.24) is 10.3 Å². The summed E-state index contributed by atoms with van der Waals surface area (Å²) in [4.78, 5) is 17.6. The maximum atomic E-state index is 5.27. The summed E-state index contributed by atoms with van der Waals surface area (Å²) in [6.07, 6.45) is 16.5. The average Bonchev–Trinajstić information content (AvgIpc) is 3.57. The Bertz CT molecular complexity index is 2460. The van der Waals surface area contributed by atoms with Crippen molar-refractivity contribution in [2.24, 2.45) is 9.98 Å². The van der Waals surface area contributed by atoms with Crippen molar-refractivity contribution in [3.8, 4) is 0 Å². The minimum absolute atomic E-state index is 0.0643. The molecule has 0 amide bonds. The smallest absolute Gasteiger partial charge is 0.162 e. The van der Waals surface area contributed by atoms with Crippen LogP contribution >= 0.6 is 0 Å². The molecule has 5 aromatic rings. The number of amidine groups is 2. The van der Waals surface area contributed by atoms with E-state index in [2.05, 4.69) is 135 Å². The van der Waals surface area contributed by atoms with E-state index in [-0.39, 0.29) is 6.04 Å². The minimum atomic E-state index is 0.0643. The van der Waals surface area contributed by atoms with Crippen LogP contribution < -0.4 is 10.2 Å². The second-order valence-corrected chi connectivity index (χ2v) is 14.0. The summed E-state index contributed by atoms with van der Waals surface area (Å²) in [6.45, 7) is 10.8. The number of fused-ring (bicyclic) bond motifs is 2. The largest absolute Gasteiger partial charge is 0.344 e. The maximum absolute atomic E-state index is 5.27. The number of aliphatic imine (C=N–C) groups is 2. The van der Waals surface area contributed by atoms with E-state index < -0.39 is 0 Å². The summed E-state index contributed by atoms with van der Waals surface area (Å²) in [7, 11) is 0. The van der Waals surface area contributed by atoms with Crippen molar-refractivity contribution < 1.29 is 0 Å². The molecule has 8 rings (SSSR count). The lowest BCUT2D eigenvalue weighted by Crippen LogP contribution is -2.23. The number of benzene rings is 4. The Morgan fingerprint density at radius 2 is 1.61 bits per heavy atom. The average molecular weight is 702 g/mol. The van der Waals surface area contributed by atoms with E-state index in [0.29, 0.717) is 5.84 Å². The van der Waals surface area contributed by atoms with E-state index in [1.54, 1.807) is 0 Å². The molecule has 3 aliphatic rings. The Hall–Kier alpha value is -6.59. The van der Waals surface area contributed by atoms with Gasteiger partial charge in [-0.3, -0.25) is 4.98 Å². The Kier molecular flexibility index (Phi) is 9.69. The molecule has 0 bridgehead atoms. The van der Waals surface area contributed by atoms with Crippen LogP contribution in [0, 0.1) is 6.92 Å². The van der Waals surface area contributed by atoms with Crippen LogP contribution in [-0.4, -0.2) is 22.7 Å². The van der Waals surface area contributed by atoms with E-state index in [1.165, 1.54) is 39.0 Å². The van der Waals surface area contributed by atoms with Gasteiger partial charge in [-0.05, 0) is 73.6 Å². The van der Waals surface area contributed by atoms with Gasteiger partial charge in [0.2, 0.25) is 0 Å². The summed E-state index contributed by atoms with van der Waals surface area (Å²) in [5, 5.41) is 3.52.